The van der Waals surface area contributed by atoms with Gasteiger partial charge in [-0.25, -0.2) is 4.98 Å². The fourth-order valence-electron chi connectivity index (χ4n) is 7.96. The first-order valence-corrected chi connectivity index (χ1v) is 19.3. The summed E-state index contributed by atoms with van der Waals surface area (Å²) in [5, 5.41) is 13.6. The molecule has 4 nitrogen and oxygen atoms in total. The molecule has 2 aliphatic rings. The Morgan fingerprint density at radius 1 is 0.691 bits per heavy atom. The van der Waals surface area contributed by atoms with Crippen LogP contribution in [0, 0.1) is 5.92 Å². The monoisotopic (exact) mass is 712 g/mol. The van der Waals surface area contributed by atoms with Crippen LogP contribution in [0.3, 0.4) is 0 Å². The number of nitrogens with zero attached hydrogens (tertiary/aromatic N) is 1. The number of anilines is 3. The van der Waals surface area contributed by atoms with Gasteiger partial charge in [0.1, 0.15) is 5.82 Å². The van der Waals surface area contributed by atoms with Crippen molar-refractivity contribution in [2.45, 2.75) is 24.8 Å². The minimum absolute atomic E-state index is 0.172. The van der Waals surface area contributed by atoms with E-state index in [1.165, 1.54) is 44.2 Å². The number of hydrogen-bond acceptors (Lipinski definition) is 4. The summed E-state index contributed by atoms with van der Waals surface area (Å²) in [7, 11) is 0. The number of nitrogens with one attached hydrogen (secondary N) is 3. The molecule has 1 aliphatic heterocycles. The number of aromatic nitrogens is 1. The highest BCUT2D eigenvalue weighted by atomic mass is 15.2. The Morgan fingerprint density at radius 3 is 2.16 bits per heavy atom. The first-order chi connectivity index (χ1) is 27.1. The average Bonchev–Trinajstić information content (AvgIpc) is 4.03. The van der Waals surface area contributed by atoms with E-state index in [0.29, 0.717) is 0 Å². The fraction of sp³-hybridized carbons (Fsp3) is 0.118. The molecule has 3 atom stereocenters. The Kier molecular flexibility index (Phi) is 9.41. The first kappa shape index (κ1) is 34.3. The van der Waals surface area contributed by atoms with Gasteiger partial charge >= 0.3 is 0 Å². The normalized spacial score (nSPS) is 19.1. The van der Waals surface area contributed by atoms with E-state index in [-0.39, 0.29) is 17.4 Å². The Morgan fingerprint density at radius 2 is 1.40 bits per heavy atom. The van der Waals surface area contributed by atoms with E-state index in [0.717, 1.165) is 41.5 Å². The van der Waals surface area contributed by atoms with Gasteiger partial charge in [0, 0.05) is 35.1 Å². The van der Waals surface area contributed by atoms with Crippen LogP contribution >= 0.6 is 0 Å². The lowest BCUT2D eigenvalue weighted by molar-refractivity contribution is 0.649. The first-order valence-electron chi connectivity index (χ1n) is 19.3. The van der Waals surface area contributed by atoms with E-state index < -0.39 is 0 Å². The predicted molar refractivity (Wildman–Crippen MR) is 230 cm³/mol. The van der Waals surface area contributed by atoms with Crippen molar-refractivity contribution in [1.29, 1.82) is 0 Å². The quantitative estimate of drug-likeness (QED) is 0.0923. The smallest absolute Gasteiger partial charge is 0.130 e. The second-order valence-corrected chi connectivity index (χ2v) is 14.7. The van der Waals surface area contributed by atoms with Gasteiger partial charge in [0.25, 0.3) is 0 Å². The minimum Gasteiger partial charge on any atom is -0.355 e. The number of allylic oxidation sites excluding steroid dienone is 4. The summed E-state index contributed by atoms with van der Waals surface area (Å²) in [5.41, 5.74) is 11.5. The molecule has 268 valence electrons. The Balaban J connectivity index is 1.02. The summed E-state index contributed by atoms with van der Waals surface area (Å²) in [6.45, 7) is 3.24. The van der Waals surface area contributed by atoms with Gasteiger partial charge in [0.15, 0.2) is 0 Å². The van der Waals surface area contributed by atoms with Crippen molar-refractivity contribution in [3.8, 4) is 11.1 Å². The van der Waals surface area contributed by atoms with Crippen molar-refractivity contribution in [2.24, 2.45) is 5.92 Å². The molecule has 0 radical (unpaired) electrons. The van der Waals surface area contributed by atoms with Crippen LogP contribution in [0.2, 0.25) is 0 Å². The molecule has 1 saturated heterocycles. The summed E-state index contributed by atoms with van der Waals surface area (Å²) < 4.78 is 0. The van der Waals surface area contributed by atoms with Crippen LogP contribution in [0.5, 0.6) is 0 Å². The number of hydrogen-bond donors (Lipinski definition) is 3. The molecule has 1 aromatic heterocycles. The molecular weight excluding hydrogens is 669 g/mol. The highest BCUT2D eigenvalue weighted by Crippen LogP contribution is 2.44. The molecule has 2 heterocycles. The van der Waals surface area contributed by atoms with Crippen LogP contribution in [0.4, 0.5) is 17.2 Å². The van der Waals surface area contributed by atoms with Crippen LogP contribution in [0.15, 0.2) is 200 Å². The summed E-state index contributed by atoms with van der Waals surface area (Å²) in [4.78, 5) is 5.16. The molecule has 3 N–H and O–H groups in total. The lowest BCUT2D eigenvalue weighted by Gasteiger charge is -2.31. The average molecular weight is 713 g/mol. The number of rotatable bonds is 11. The molecule has 9 rings (SSSR count). The topological polar surface area (TPSA) is 58.9 Å². The molecule has 1 fully saturated rings. The van der Waals surface area contributed by atoms with Crippen LogP contribution < -0.4 is 16.0 Å². The molecule has 4 heteroatoms. The zero-order valence-corrected chi connectivity index (χ0v) is 31.0. The van der Waals surface area contributed by atoms with Crippen LogP contribution in [0.25, 0.3) is 27.5 Å². The summed E-state index contributed by atoms with van der Waals surface area (Å²) in [6.07, 6.45) is 10.1. The van der Waals surface area contributed by atoms with E-state index in [9.17, 15) is 0 Å². The summed E-state index contributed by atoms with van der Waals surface area (Å²) in [5.74, 6) is 1.21. The minimum atomic E-state index is -0.227. The largest absolute Gasteiger partial charge is 0.355 e. The second-order valence-electron chi connectivity index (χ2n) is 14.7. The molecule has 1 aliphatic carbocycles. The lowest BCUT2D eigenvalue weighted by Crippen LogP contribution is -2.19. The molecule has 3 unspecified atom stereocenters. The van der Waals surface area contributed by atoms with Crippen molar-refractivity contribution in [3.05, 3.63) is 222 Å². The third-order valence-corrected chi connectivity index (χ3v) is 11.0. The third kappa shape index (κ3) is 7.37. The van der Waals surface area contributed by atoms with Gasteiger partial charge in [-0.05, 0) is 93.4 Å². The fourth-order valence-corrected chi connectivity index (χ4v) is 7.96. The Hall–Kier alpha value is -6.49. The van der Waals surface area contributed by atoms with Crippen molar-refractivity contribution < 1.29 is 0 Å². The highest BCUT2D eigenvalue weighted by molar-refractivity contribution is 5.89. The van der Waals surface area contributed by atoms with E-state index >= 15 is 0 Å². The Bertz CT molecular complexity index is 2530. The van der Waals surface area contributed by atoms with Gasteiger partial charge in [-0.3, -0.25) is 5.32 Å². The number of fused-ring (bicyclic) bond motifs is 1. The van der Waals surface area contributed by atoms with Crippen molar-refractivity contribution in [2.75, 3.05) is 17.2 Å². The van der Waals surface area contributed by atoms with Gasteiger partial charge in [-0.1, -0.05) is 159 Å². The standard InChI is InChI=1S/C51H44N4/c1-36-44(42-27-30-46(45(34-42)39-19-7-3-8-20-39)53-43-28-26-38-18-11-12-23-41(38)33-43)29-31-47(50(36)40-21-9-4-10-22-40)54-49-25-13-24-48(55-49)51(35-52-51)32-14-17-37-15-5-2-6-16-37/h2-16,18-34,36,44,52-53H,17,35H2,1H3,(H,54,55)/b32-14-. The molecule has 0 spiro atoms. The third-order valence-electron chi connectivity index (χ3n) is 11.0. The zero-order chi connectivity index (χ0) is 37.0. The van der Waals surface area contributed by atoms with Gasteiger partial charge < -0.3 is 10.6 Å². The molecule has 0 saturated carbocycles. The van der Waals surface area contributed by atoms with Crippen molar-refractivity contribution in [3.63, 3.8) is 0 Å². The van der Waals surface area contributed by atoms with Gasteiger partial charge in [0.05, 0.1) is 11.2 Å². The maximum absolute atomic E-state index is 5.16. The highest BCUT2D eigenvalue weighted by Gasteiger charge is 2.42. The summed E-state index contributed by atoms with van der Waals surface area (Å²) in [6, 6.07) is 60.4. The van der Waals surface area contributed by atoms with E-state index in [1.807, 2.05) is 0 Å². The maximum Gasteiger partial charge on any atom is 0.130 e. The summed E-state index contributed by atoms with van der Waals surface area (Å²) >= 11 is 0. The number of benzene rings is 6. The molecule has 55 heavy (non-hydrogen) atoms. The molecule has 0 amide bonds. The van der Waals surface area contributed by atoms with E-state index in [1.54, 1.807) is 0 Å². The zero-order valence-electron chi connectivity index (χ0n) is 31.0. The van der Waals surface area contributed by atoms with Crippen molar-refractivity contribution in [1.82, 2.24) is 10.3 Å². The number of pyridine rings is 1. The predicted octanol–water partition coefficient (Wildman–Crippen LogP) is 12.1. The SMILES string of the molecule is CC1C(c2ccccc2)=C(Nc2cccc(C3(/C=C\Cc4ccccc4)CN3)n2)C=CC1c1ccc(Nc2ccc3ccccc3c2)c(-c2ccccc2)c1. The Labute approximate surface area is 324 Å². The van der Waals surface area contributed by atoms with E-state index in [4.69, 9.17) is 4.98 Å². The van der Waals surface area contributed by atoms with Crippen LogP contribution in [-0.4, -0.2) is 11.5 Å². The molecule has 0 bridgehead atoms. The molecule has 6 aromatic carbocycles. The van der Waals surface area contributed by atoms with Gasteiger partial charge in [0.2, 0.25) is 0 Å². The molecule has 7 aromatic rings. The lowest BCUT2D eigenvalue weighted by atomic mass is 9.75. The second kappa shape index (κ2) is 15.1. The van der Waals surface area contributed by atoms with E-state index in [2.05, 4.69) is 217 Å². The molecular formula is C51H44N4. The maximum atomic E-state index is 5.16. The van der Waals surface area contributed by atoms with Crippen LogP contribution in [-0.2, 0) is 12.0 Å². The van der Waals surface area contributed by atoms with Gasteiger partial charge in [-0.15, -0.1) is 0 Å². The van der Waals surface area contributed by atoms with Gasteiger partial charge in [-0.2, -0.15) is 0 Å². The van der Waals surface area contributed by atoms with Crippen molar-refractivity contribution >= 4 is 33.5 Å². The van der Waals surface area contributed by atoms with Crippen LogP contribution in [0.1, 0.15) is 35.2 Å².